The monoisotopic (exact) mass is 703 g/mol. The lowest BCUT2D eigenvalue weighted by atomic mass is 9.95. The number of carbonyl (C=O) groups is 1. The minimum atomic E-state index is -5.08. The van der Waals surface area contributed by atoms with Crippen LogP contribution in [0.3, 0.4) is 0 Å². The van der Waals surface area contributed by atoms with E-state index in [1.807, 2.05) is 30.5 Å². The Bertz CT molecular complexity index is 1930. The molecule has 0 atom stereocenters. The predicted octanol–water partition coefficient (Wildman–Crippen LogP) is 6.31. The molecule has 1 aliphatic heterocycles. The van der Waals surface area contributed by atoms with Crippen LogP contribution in [0.25, 0.3) is 20.7 Å². The van der Waals surface area contributed by atoms with Crippen molar-refractivity contribution in [2.24, 2.45) is 0 Å². The minimum Gasteiger partial charge on any atom is -0.487 e. The number of carboxylic acid groups (broad SMARTS) is 1. The van der Waals surface area contributed by atoms with Crippen LogP contribution in [0, 0.1) is 5.82 Å². The van der Waals surface area contributed by atoms with Gasteiger partial charge in [0.2, 0.25) is 0 Å². The largest absolute Gasteiger partial charge is 0.490 e. The zero-order valence-electron chi connectivity index (χ0n) is 25.4. The zero-order valence-corrected chi connectivity index (χ0v) is 26.9. The zero-order chi connectivity index (χ0) is 33.8. The van der Waals surface area contributed by atoms with E-state index in [1.54, 1.807) is 23.7 Å². The fourth-order valence-electron chi connectivity index (χ4n) is 5.63. The Labute approximate surface area is 281 Å². The molecule has 252 valence electrons. The number of hydrogen-bond acceptors (Lipinski definition) is 9. The van der Waals surface area contributed by atoms with E-state index < -0.39 is 12.1 Å². The van der Waals surface area contributed by atoms with Gasteiger partial charge in [-0.2, -0.15) is 18.3 Å². The van der Waals surface area contributed by atoms with Crippen LogP contribution in [0.4, 0.5) is 29.1 Å². The molecule has 0 amide bonds. The molecular weight excluding hydrogens is 674 g/mol. The van der Waals surface area contributed by atoms with E-state index in [0.29, 0.717) is 10.8 Å². The smallest absolute Gasteiger partial charge is 0.487 e. The van der Waals surface area contributed by atoms with Gasteiger partial charge in [-0.1, -0.05) is 23.7 Å². The van der Waals surface area contributed by atoms with Gasteiger partial charge in [0, 0.05) is 54.5 Å². The summed E-state index contributed by atoms with van der Waals surface area (Å²) in [5.41, 5.74) is 5.32. The number of benzene rings is 2. The molecule has 0 radical (unpaired) electrons. The molecule has 48 heavy (non-hydrogen) atoms. The molecule has 1 fully saturated rings. The molecule has 1 saturated heterocycles. The molecule has 3 aromatic heterocycles. The highest BCUT2D eigenvalue weighted by Gasteiger charge is 2.38. The van der Waals surface area contributed by atoms with Crippen LogP contribution in [0.2, 0.25) is 5.02 Å². The van der Waals surface area contributed by atoms with Crippen molar-refractivity contribution in [3.63, 3.8) is 0 Å². The second-order valence-corrected chi connectivity index (χ2v) is 12.5. The highest BCUT2D eigenvalue weighted by molar-refractivity contribution is 7.22. The lowest BCUT2D eigenvalue weighted by Crippen LogP contribution is -2.44. The highest BCUT2D eigenvalue weighted by Crippen LogP contribution is 2.45. The first-order valence-corrected chi connectivity index (χ1v) is 16.2. The molecule has 1 aliphatic carbocycles. The molecule has 4 heterocycles. The third kappa shape index (κ3) is 7.70. The quantitative estimate of drug-likeness (QED) is 0.160. The summed E-state index contributed by atoms with van der Waals surface area (Å²) < 4.78 is 53.3. The number of ether oxygens (including phenoxy) is 1. The fraction of sp³-hybridized carbons (Fsp3) is 0.312. The van der Waals surface area contributed by atoms with E-state index in [4.69, 9.17) is 31.3 Å². The number of rotatable bonds is 8. The van der Waals surface area contributed by atoms with E-state index in [2.05, 4.69) is 30.2 Å². The Balaban J connectivity index is 0.000000519. The summed E-state index contributed by atoms with van der Waals surface area (Å²) in [6, 6.07) is 11.9. The van der Waals surface area contributed by atoms with Crippen molar-refractivity contribution in [3.05, 3.63) is 82.6 Å². The molecule has 5 aromatic rings. The molecule has 0 saturated carbocycles. The first-order chi connectivity index (χ1) is 23.1. The number of aromatic nitrogens is 4. The third-order valence-corrected chi connectivity index (χ3v) is 9.42. The first kappa shape index (κ1) is 33.6. The molecule has 16 heteroatoms. The topological polar surface area (TPSA) is 117 Å². The van der Waals surface area contributed by atoms with Crippen molar-refractivity contribution in [1.29, 1.82) is 0 Å². The van der Waals surface area contributed by atoms with Crippen LogP contribution in [-0.2, 0) is 30.8 Å². The molecule has 0 unspecified atom stereocenters. The van der Waals surface area contributed by atoms with Gasteiger partial charge >= 0.3 is 12.1 Å². The number of aryl methyl sites for hydroxylation is 1. The van der Waals surface area contributed by atoms with Crippen molar-refractivity contribution in [3.8, 4) is 16.2 Å². The molecule has 7 rings (SSSR count). The number of piperazine rings is 1. The van der Waals surface area contributed by atoms with Gasteiger partial charge in [0.05, 0.1) is 23.2 Å². The van der Waals surface area contributed by atoms with Gasteiger partial charge in [-0.25, -0.2) is 19.2 Å². The van der Waals surface area contributed by atoms with Crippen LogP contribution in [0.1, 0.15) is 16.8 Å². The minimum absolute atomic E-state index is 0.228. The summed E-state index contributed by atoms with van der Waals surface area (Å²) in [7, 11) is 0. The Kier molecular flexibility index (Phi) is 10.1. The molecule has 0 bridgehead atoms. The van der Waals surface area contributed by atoms with E-state index in [9.17, 15) is 17.6 Å². The standard InChI is InChI=1S/C30H29ClFN7OS.C2HF3O2/c31-24-15-21(4-7-26(24)40-17-19-2-1-3-20(32)14-19)37-29-27-22-5-6-25-23(28(22)41-30(27)35-18-34-29)16-36-39(25)13-12-38-10-8-33-9-11-38;3-2(4,5)1(6)7/h1-4,7,14-16,18,33H,5-6,8-13,17H2,(H,34,35,37);(H,6,7). The number of carboxylic acids is 1. The predicted molar refractivity (Wildman–Crippen MR) is 175 cm³/mol. The Morgan fingerprint density at radius 2 is 1.90 bits per heavy atom. The number of fused-ring (bicyclic) bond motifs is 5. The molecular formula is C32H30ClF4N7O3S. The van der Waals surface area contributed by atoms with E-state index >= 15 is 0 Å². The number of nitrogens with one attached hydrogen (secondary N) is 2. The average Bonchev–Trinajstić information content (AvgIpc) is 3.66. The molecule has 10 nitrogen and oxygen atoms in total. The second kappa shape index (κ2) is 14.4. The van der Waals surface area contributed by atoms with Gasteiger partial charge in [0.1, 0.15) is 35.1 Å². The van der Waals surface area contributed by atoms with Crippen molar-refractivity contribution in [2.75, 3.05) is 38.0 Å². The number of alkyl halides is 3. The molecule has 3 N–H and O–H groups in total. The highest BCUT2D eigenvalue weighted by atomic mass is 35.5. The maximum Gasteiger partial charge on any atom is 0.490 e. The Hall–Kier alpha value is -4.31. The number of aliphatic carboxylic acids is 1. The number of anilines is 2. The summed E-state index contributed by atoms with van der Waals surface area (Å²) in [5, 5.41) is 20.3. The number of thiophene rings is 1. The summed E-state index contributed by atoms with van der Waals surface area (Å²) in [6.07, 6.45) is 0.385. The first-order valence-electron chi connectivity index (χ1n) is 15.0. The molecule has 0 spiro atoms. The van der Waals surface area contributed by atoms with Crippen LogP contribution in [-0.4, -0.2) is 74.6 Å². The maximum absolute atomic E-state index is 13.5. The van der Waals surface area contributed by atoms with Crippen molar-refractivity contribution in [2.45, 2.75) is 32.2 Å². The maximum atomic E-state index is 13.5. The number of nitrogens with zero attached hydrogens (tertiary/aromatic N) is 5. The summed E-state index contributed by atoms with van der Waals surface area (Å²) in [4.78, 5) is 22.8. The summed E-state index contributed by atoms with van der Waals surface area (Å²) >= 11 is 8.26. The van der Waals surface area contributed by atoms with Crippen molar-refractivity contribution < 1.29 is 32.2 Å². The average molecular weight is 704 g/mol. The molecule has 2 aromatic carbocycles. The van der Waals surface area contributed by atoms with Gasteiger partial charge in [0.25, 0.3) is 0 Å². The normalized spacial score (nSPS) is 14.5. The van der Waals surface area contributed by atoms with Crippen LogP contribution in [0.15, 0.2) is 55.0 Å². The van der Waals surface area contributed by atoms with Crippen LogP contribution in [0.5, 0.6) is 5.75 Å². The number of halogens is 5. The van der Waals surface area contributed by atoms with Crippen molar-refractivity contribution >= 4 is 50.6 Å². The van der Waals surface area contributed by atoms with E-state index in [0.717, 1.165) is 79.4 Å². The third-order valence-electron chi connectivity index (χ3n) is 7.95. The van der Waals surface area contributed by atoms with Gasteiger partial charge < -0.3 is 20.5 Å². The summed E-state index contributed by atoms with van der Waals surface area (Å²) in [5.74, 6) is -1.76. The Morgan fingerprint density at radius 1 is 1.10 bits per heavy atom. The fourth-order valence-corrected chi connectivity index (χ4v) is 7.09. The lowest BCUT2D eigenvalue weighted by molar-refractivity contribution is -0.192. The van der Waals surface area contributed by atoms with E-state index in [-0.39, 0.29) is 12.4 Å². The van der Waals surface area contributed by atoms with Gasteiger partial charge in [-0.15, -0.1) is 11.3 Å². The van der Waals surface area contributed by atoms with Gasteiger partial charge in [-0.05, 0) is 54.3 Å². The lowest BCUT2D eigenvalue weighted by Gasteiger charge is -2.27. The second-order valence-electron chi connectivity index (χ2n) is 11.1. The Morgan fingerprint density at radius 3 is 2.62 bits per heavy atom. The van der Waals surface area contributed by atoms with Crippen LogP contribution >= 0.6 is 22.9 Å². The summed E-state index contributed by atoms with van der Waals surface area (Å²) in [6.45, 7) is 6.45. The van der Waals surface area contributed by atoms with E-state index in [1.165, 1.54) is 33.8 Å². The van der Waals surface area contributed by atoms with Gasteiger partial charge in [0.15, 0.2) is 0 Å². The van der Waals surface area contributed by atoms with Gasteiger partial charge in [-0.3, -0.25) is 9.58 Å². The van der Waals surface area contributed by atoms with Crippen molar-refractivity contribution in [1.82, 2.24) is 30.0 Å². The molecule has 2 aliphatic rings. The SMILES string of the molecule is Fc1cccc(COc2ccc(Nc3ncnc4sc5c(c34)CCc3c-5cnn3CCN3CCNCC3)cc2Cl)c1.O=C(O)C(F)(F)F. The number of hydrogen-bond donors (Lipinski definition) is 3. The van der Waals surface area contributed by atoms with Crippen LogP contribution < -0.4 is 15.4 Å².